The van der Waals surface area contributed by atoms with Crippen molar-refractivity contribution in [2.24, 2.45) is 5.92 Å². The molecule has 0 radical (unpaired) electrons. The molecule has 5 heteroatoms. The van der Waals surface area contributed by atoms with E-state index in [9.17, 15) is 14.4 Å². The van der Waals surface area contributed by atoms with Crippen molar-refractivity contribution in [2.45, 2.75) is 52.5 Å². The van der Waals surface area contributed by atoms with Gasteiger partial charge in [-0.25, -0.2) is 0 Å². The number of nitrogens with zero attached hydrogens (tertiary/aromatic N) is 1. The molecule has 0 bridgehead atoms. The molecule has 0 fully saturated rings. The smallest absolute Gasteiger partial charge is 0.305 e. The molecule has 3 aromatic rings. The number of hydrogen-bond donors (Lipinski definition) is 0. The van der Waals surface area contributed by atoms with E-state index in [1.54, 1.807) is 19.1 Å². The molecular weight excluding hydrogens is 402 g/mol. The van der Waals surface area contributed by atoms with Crippen molar-refractivity contribution in [2.75, 3.05) is 6.61 Å². The van der Waals surface area contributed by atoms with Gasteiger partial charge in [0.1, 0.15) is 6.61 Å². The topological polar surface area (TPSA) is 63.7 Å². The summed E-state index contributed by atoms with van der Waals surface area (Å²) in [5, 5.41) is 4.01. The van der Waals surface area contributed by atoms with Gasteiger partial charge in [-0.15, -0.1) is 0 Å². The second-order valence-electron chi connectivity index (χ2n) is 8.86. The number of esters is 1. The highest BCUT2D eigenvalue weighted by Gasteiger charge is 2.39. The lowest BCUT2D eigenvalue weighted by atomic mass is 9.99. The maximum atomic E-state index is 13.0. The lowest BCUT2D eigenvalue weighted by molar-refractivity contribution is -0.145. The van der Waals surface area contributed by atoms with E-state index in [4.69, 9.17) is 4.74 Å². The van der Waals surface area contributed by atoms with Crippen LogP contribution in [0.3, 0.4) is 0 Å². The monoisotopic (exact) mass is 431 g/mol. The lowest BCUT2D eigenvalue weighted by Gasteiger charge is -2.22. The number of carbonyl (C=O) groups is 3. The summed E-state index contributed by atoms with van der Waals surface area (Å²) in [6, 6.07) is 15.2. The highest BCUT2D eigenvalue weighted by molar-refractivity contribution is 6.23. The van der Waals surface area contributed by atoms with Gasteiger partial charge in [0.25, 0.3) is 11.8 Å². The number of ether oxygens (including phenoxy) is 1. The van der Waals surface area contributed by atoms with E-state index in [1.165, 1.54) is 4.90 Å². The zero-order chi connectivity index (χ0) is 22.8. The molecule has 0 saturated heterocycles. The molecule has 3 aromatic carbocycles. The summed E-state index contributed by atoms with van der Waals surface area (Å²) in [7, 11) is 0. The molecule has 4 rings (SSSR count). The van der Waals surface area contributed by atoms with Crippen molar-refractivity contribution in [3.05, 3.63) is 59.7 Å². The second-order valence-corrected chi connectivity index (χ2v) is 8.86. The van der Waals surface area contributed by atoms with Crippen LogP contribution in [0.2, 0.25) is 0 Å². The summed E-state index contributed by atoms with van der Waals surface area (Å²) in [4.78, 5) is 39.4. The summed E-state index contributed by atoms with van der Waals surface area (Å²) < 4.78 is 5.37. The van der Waals surface area contributed by atoms with Crippen LogP contribution in [0.5, 0.6) is 0 Å². The highest BCUT2D eigenvalue weighted by Crippen LogP contribution is 2.31. The standard InChI is InChI=1S/C27H29NO4/c1-4-17(2)8-7-11-25(29)32-16-18(3)28-26(30)23-14-21-12-19-9-5-6-10-20(19)13-22(21)15-24(23)27(28)31/h5-6,9-10,12-15,17-18H,4,7-8,11,16H2,1-3H3/t17-,18-/m0/s1. The second kappa shape index (κ2) is 9.11. The first kappa shape index (κ1) is 22.0. The Bertz CT molecular complexity index is 1120. The Labute approximate surface area is 188 Å². The number of carbonyl (C=O) groups excluding carboxylic acids is 3. The number of benzene rings is 3. The van der Waals surface area contributed by atoms with Crippen molar-refractivity contribution >= 4 is 39.3 Å². The Hall–Kier alpha value is -3.21. The lowest BCUT2D eigenvalue weighted by Crippen LogP contribution is -2.41. The van der Waals surface area contributed by atoms with Crippen molar-refractivity contribution in [3.63, 3.8) is 0 Å². The molecule has 1 aliphatic rings. The van der Waals surface area contributed by atoms with Crippen molar-refractivity contribution in [1.29, 1.82) is 0 Å². The third-order valence-electron chi connectivity index (χ3n) is 6.44. The third kappa shape index (κ3) is 4.24. The van der Waals surface area contributed by atoms with Crippen LogP contribution in [-0.4, -0.2) is 35.3 Å². The number of hydrogen-bond acceptors (Lipinski definition) is 4. The Morgan fingerprint density at radius 2 is 1.47 bits per heavy atom. The van der Waals surface area contributed by atoms with E-state index in [2.05, 4.69) is 13.8 Å². The Morgan fingerprint density at radius 1 is 0.906 bits per heavy atom. The van der Waals surface area contributed by atoms with E-state index < -0.39 is 6.04 Å². The first-order valence-electron chi connectivity index (χ1n) is 11.4. The summed E-state index contributed by atoms with van der Waals surface area (Å²) in [5.74, 6) is -0.358. The zero-order valence-electron chi connectivity index (χ0n) is 18.9. The molecular formula is C27H29NO4. The SMILES string of the molecule is CC[C@H](C)CCCC(=O)OC[C@H](C)N1C(=O)c2cc3cc4ccccc4cc3cc2C1=O. The van der Waals surface area contributed by atoms with Crippen LogP contribution in [-0.2, 0) is 9.53 Å². The fraction of sp³-hybridized carbons (Fsp3) is 0.370. The number of imide groups is 1. The molecule has 0 spiro atoms. The van der Waals surface area contributed by atoms with Crippen LogP contribution in [0.4, 0.5) is 0 Å². The number of amides is 2. The maximum absolute atomic E-state index is 13.0. The molecule has 2 amide bonds. The van der Waals surface area contributed by atoms with Gasteiger partial charge in [0.15, 0.2) is 0 Å². The average molecular weight is 432 g/mol. The van der Waals surface area contributed by atoms with Gasteiger partial charge in [0.05, 0.1) is 17.2 Å². The van der Waals surface area contributed by atoms with E-state index in [1.807, 2.05) is 36.4 Å². The zero-order valence-corrected chi connectivity index (χ0v) is 18.9. The molecule has 166 valence electrons. The summed E-state index contributed by atoms with van der Waals surface area (Å²) in [5.41, 5.74) is 0.814. The van der Waals surface area contributed by atoms with Gasteiger partial charge in [0.2, 0.25) is 0 Å². The van der Waals surface area contributed by atoms with E-state index in [0.717, 1.165) is 40.8 Å². The Morgan fingerprint density at radius 3 is 2.00 bits per heavy atom. The van der Waals surface area contributed by atoms with Crippen LogP contribution < -0.4 is 0 Å². The van der Waals surface area contributed by atoms with Gasteiger partial charge < -0.3 is 4.74 Å². The molecule has 0 unspecified atom stereocenters. The Balaban J connectivity index is 1.47. The molecule has 0 N–H and O–H groups in total. The molecule has 0 saturated carbocycles. The largest absolute Gasteiger partial charge is 0.463 e. The van der Waals surface area contributed by atoms with Crippen molar-refractivity contribution < 1.29 is 19.1 Å². The van der Waals surface area contributed by atoms with Gasteiger partial charge in [-0.1, -0.05) is 51.0 Å². The van der Waals surface area contributed by atoms with Crippen molar-refractivity contribution in [3.8, 4) is 0 Å². The molecule has 0 aliphatic carbocycles. The van der Waals surface area contributed by atoms with Crippen LogP contribution in [0.1, 0.15) is 67.2 Å². The maximum Gasteiger partial charge on any atom is 0.305 e. The first-order valence-corrected chi connectivity index (χ1v) is 11.4. The molecule has 32 heavy (non-hydrogen) atoms. The van der Waals surface area contributed by atoms with Gasteiger partial charge in [0, 0.05) is 6.42 Å². The number of fused-ring (bicyclic) bond motifs is 3. The van der Waals surface area contributed by atoms with Gasteiger partial charge in [-0.3, -0.25) is 19.3 Å². The summed E-state index contributed by atoms with van der Waals surface area (Å²) >= 11 is 0. The molecule has 5 nitrogen and oxygen atoms in total. The molecule has 1 aliphatic heterocycles. The summed E-state index contributed by atoms with van der Waals surface area (Å²) in [6.07, 6.45) is 3.23. The van der Waals surface area contributed by atoms with E-state index >= 15 is 0 Å². The quantitative estimate of drug-likeness (QED) is 0.259. The van der Waals surface area contributed by atoms with E-state index in [0.29, 0.717) is 23.5 Å². The predicted molar refractivity (Wildman–Crippen MR) is 126 cm³/mol. The van der Waals surface area contributed by atoms with Crippen LogP contribution in [0.15, 0.2) is 48.5 Å². The molecule has 1 heterocycles. The minimum Gasteiger partial charge on any atom is -0.463 e. The van der Waals surface area contributed by atoms with Crippen LogP contribution in [0.25, 0.3) is 21.5 Å². The van der Waals surface area contributed by atoms with Gasteiger partial charge in [-0.05, 0) is 65.1 Å². The summed E-state index contributed by atoms with van der Waals surface area (Å²) in [6.45, 7) is 6.05. The van der Waals surface area contributed by atoms with E-state index in [-0.39, 0.29) is 24.4 Å². The minimum absolute atomic E-state index is 0.0110. The van der Waals surface area contributed by atoms with Crippen LogP contribution >= 0.6 is 0 Å². The first-order chi connectivity index (χ1) is 15.4. The normalized spacial score (nSPS) is 15.3. The van der Waals surface area contributed by atoms with Gasteiger partial charge in [-0.2, -0.15) is 0 Å². The minimum atomic E-state index is -0.525. The fourth-order valence-corrected chi connectivity index (χ4v) is 4.26. The molecule has 0 aromatic heterocycles. The predicted octanol–water partition coefficient (Wildman–Crippen LogP) is 5.74. The van der Waals surface area contributed by atoms with Crippen LogP contribution in [0, 0.1) is 5.92 Å². The van der Waals surface area contributed by atoms with Crippen molar-refractivity contribution in [1.82, 2.24) is 4.90 Å². The highest BCUT2D eigenvalue weighted by atomic mass is 16.5. The average Bonchev–Trinajstić information content (AvgIpc) is 3.03. The Kier molecular flexibility index (Phi) is 6.26. The number of rotatable bonds is 8. The fourth-order valence-electron chi connectivity index (χ4n) is 4.26. The molecule has 2 atom stereocenters. The third-order valence-corrected chi connectivity index (χ3v) is 6.44. The van der Waals surface area contributed by atoms with Gasteiger partial charge >= 0.3 is 5.97 Å².